The number of rotatable bonds is 11. The lowest BCUT2D eigenvalue weighted by molar-refractivity contribution is 0.315. The van der Waals surface area contributed by atoms with Crippen molar-refractivity contribution in [2.75, 3.05) is 13.2 Å². The molecule has 0 saturated heterocycles. The van der Waals surface area contributed by atoms with Gasteiger partial charge in [-0.05, 0) is 61.1 Å². The fourth-order valence-electron chi connectivity index (χ4n) is 4.14. The normalized spacial score (nSPS) is 10.9. The standard InChI is InChI=1S/C31H35N3O4/c1-5-15-37-22-10-13-25(27(35)18-22)30-32-29(24-12-9-20(7-3)17-21(24)8-4)33-31(34-30)26-14-11-23(19-28(26)36)38-16-6-2/h9-14,17-19,35-36H,5-8,15-16H2,1-4H3. The molecule has 1 aromatic heterocycles. The number of aromatic nitrogens is 3. The van der Waals surface area contributed by atoms with Crippen LogP contribution in [0, 0.1) is 0 Å². The van der Waals surface area contributed by atoms with E-state index in [0.717, 1.165) is 36.8 Å². The molecule has 0 bridgehead atoms. The zero-order valence-corrected chi connectivity index (χ0v) is 22.5. The van der Waals surface area contributed by atoms with Gasteiger partial charge in [-0.3, -0.25) is 0 Å². The van der Waals surface area contributed by atoms with Crippen LogP contribution in [0.5, 0.6) is 23.0 Å². The Balaban J connectivity index is 1.87. The van der Waals surface area contributed by atoms with E-state index < -0.39 is 0 Å². The number of phenolic OH excluding ortho intramolecular Hbond substituents is 2. The molecule has 0 atom stereocenters. The van der Waals surface area contributed by atoms with Gasteiger partial charge < -0.3 is 19.7 Å². The molecule has 0 unspecified atom stereocenters. The molecule has 1 heterocycles. The minimum atomic E-state index is 0.00582. The minimum Gasteiger partial charge on any atom is -0.507 e. The fourth-order valence-corrected chi connectivity index (χ4v) is 4.14. The fraction of sp³-hybridized carbons (Fsp3) is 0.323. The summed E-state index contributed by atoms with van der Waals surface area (Å²) in [7, 11) is 0. The lowest BCUT2D eigenvalue weighted by Gasteiger charge is -2.14. The zero-order valence-electron chi connectivity index (χ0n) is 22.5. The largest absolute Gasteiger partial charge is 0.507 e. The summed E-state index contributed by atoms with van der Waals surface area (Å²) in [6.45, 7) is 9.40. The molecule has 7 nitrogen and oxygen atoms in total. The van der Waals surface area contributed by atoms with Crippen LogP contribution in [0.3, 0.4) is 0 Å². The molecule has 0 saturated carbocycles. The van der Waals surface area contributed by atoms with Crippen LogP contribution in [-0.4, -0.2) is 38.4 Å². The van der Waals surface area contributed by atoms with E-state index >= 15 is 0 Å². The molecule has 0 aliphatic rings. The molecule has 0 amide bonds. The lowest BCUT2D eigenvalue weighted by atomic mass is 10.00. The Labute approximate surface area is 224 Å². The Morgan fingerprint density at radius 1 is 0.579 bits per heavy atom. The van der Waals surface area contributed by atoms with Crippen LogP contribution in [0.25, 0.3) is 34.2 Å². The van der Waals surface area contributed by atoms with Crippen molar-refractivity contribution >= 4 is 0 Å². The molecule has 0 radical (unpaired) electrons. The van der Waals surface area contributed by atoms with Gasteiger partial charge in [0.25, 0.3) is 0 Å². The van der Waals surface area contributed by atoms with Gasteiger partial charge in [0.2, 0.25) is 0 Å². The molecule has 4 aromatic rings. The van der Waals surface area contributed by atoms with Gasteiger partial charge >= 0.3 is 0 Å². The van der Waals surface area contributed by atoms with Crippen LogP contribution in [0.4, 0.5) is 0 Å². The van der Waals surface area contributed by atoms with E-state index in [4.69, 9.17) is 19.4 Å². The number of benzene rings is 3. The van der Waals surface area contributed by atoms with Crippen LogP contribution in [0.15, 0.2) is 54.6 Å². The van der Waals surface area contributed by atoms with Crippen molar-refractivity contribution < 1.29 is 19.7 Å². The number of ether oxygens (including phenoxy) is 2. The topological polar surface area (TPSA) is 97.6 Å². The second kappa shape index (κ2) is 12.4. The quantitative estimate of drug-likeness (QED) is 0.223. The average molecular weight is 514 g/mol. The maximum absolute atomic E-state index is 10.9. The van der Waals surface area contributed by atoms with E-state index in [2.05, 4.69) is 31.0 Å². The highest BCUT2D eigenvalue weighted by atomic mass is 16.5. The van der Waals surface area contributed by atoms with Crippen molar-refractivity contribution in [2.24, 2.45) is 0 Å². The first-order valence-corrected chi connectivity index (χ1v) is 13.3. The summed E-state index contributed by atoms with van der Waals surface area (Å²) in [5.74, 6) is 2.24. The summed E-state index contributed by atoms with van der Waals surface area (Å²) in [6.07, 6.45) is 3.47. The van der Waals surface area contributed by atoms with Crippen molar-refractivity contribution in [1.29, 1.82) is 0 Å². The molecule has 38 heavy (non-hydrogen) atoms. The van der Waals surface area contributed by atoms with Crippen LogP contribution in [0.2, 0.25) is 0 Å². The molecule has 4 rings (SSSR count). The van der Waals surface area contributed by atoms with E-state index in [0.29, 0.717) is 53.3 Å². The van der Waals surface area contributed by atoms with E-state index in [1.807, 2.05) is 19.9 Å². The molecule has 198 valence electrons. The molecule has 7 heteroatoms. The van der Waals surface area contributed by atoms with Crippen LogP contribution in [-0.2, 0) is 12.8 Å². The third-order valence-corrected chi connectivity index (χ3v) is 6.20. The average Bonchev–Trinajstić information content (AvgIpc) is 2.94. The maximum Gasteiger partial charge on any atom is 0.167 e. The molecule has 0 aliphatic heterocycles. The van der Waals surface area contributed by atoms with E-state index in [9.17, 15) is 10.2 Å². The lowest BCUT2D eigenvalue weighted by Crippen LogP contribution is -2.03. The van der Waals surface area contributed by atoms with Crippen LogP contribution < -0.4 is 9.47 Å². The third-order valence-electron chi connectivity index (χ3n) is 6.20. The number of hydrogen-bond donors (Lipinski definition) is 2. The SMILES string of the molecule is CCCOc1ccc(-c2nc(-c3ccc(OCCC)cc3O)nc(-c3ccc(CC)cc3CC)n2)c(O)c1. The molecule has 2 N–H and O–H groups in total. The molecule has 0 spiro atoms. The van der Waals surface area contributed by atoms with Gasteiger partial charge in [0.15, 0.2) is 17.5 Å². The Kier molecular flexibility index (Phi) is 8.79. The predicted octanol–water partition coefficient (Wildman–Crippen LogP) is 6.99. The zero-order chi connectivity index (χ0) is 27.1. The molecule has 3 aromatic carbocycles. The molecule has 0 fully saturated rings. The van der Waals surface area contributed by atoms with Gasteiger partial charge in [-0.2, -0.15) is 0 Å². The van der Waals surface area contributed by atoms with Gasteiger partial charge in [0, 0.05) is 17.7 Å². The Bertz CT molecular complexity index is 1330. The molecule has 0 aliphatic carbocycles. The molecular weight excluding hydrogens is 478 g/mol. The van der Waals surface area contributed by atoms with Crippen molar-refractivity contribution in [3.05, 3.63) is 65.7 Å². The first-order valence-electron chi connectivity index (χ1n) is 13.3. The van der Waals surface area contributed by atoms with Gasteiger partial charge in [-0.1, -0.05) is 45.9 Å². The van der Waals surface area contributed by atoms with E-state index in [1.165, 1.54) is 5.56 Å². The number of nitrogens with zero attached hydrogens (tertiary/aromatic N) is 3. The number of aryl methyl sites for hydroxylation is 2. The summed E-state index contributed by atoms with van der Waals surface area (Å²) in [6, 6.07) is 16.5. The highest BCUT2D eigenvalue weighted by molar-refractivity contribution is 5.73. The van der Waals surface area contributed by atoms with Gasteiger partial charge in [0.1, 0.15) is 23.0 Å². The van der Waals surface area contributed by atoms with Crippen molar-refractivity contribution in [2.45, 2.75) is 53.4 Å². The first kappa shape index (κ1) is 26.9. The highest BCUT2D eigenvalue weighted by Crippen LogP contribution is 2.36. The Hall–Kier alpha value is -4.13. The number of hydrogen-bond acceptors (Lipinski definition) is 7. The van der Waals surface area contributed by atoms with Gasteiger partial charge in [-0.25, -0.2) is 15.0 Å². The van der Waals surface area contributed by atoms with Gasteiger partial charge in [0.05, 0.1) is 24.3 Å². The summed E-state index contributed by atoms with van der Waals surface area (Å²) < 4.78 is 11.3. The summed E-state index contributed by atoms with van der Waals surface area (Å²) >= 11 is 0. The maximum atomic E-state index is 10.9. The highest BCUT2D eigenvalue weighted by Gasteiger charge is 2.19. The van der Waals surface area contributed by atoms with Gasteiger partial charge in [-0.15, -0.1) is 0 Å². The monoisotopic (exact) mass is 513 g/mol. The Morgan fingerprint density at radius 2 is 1.05 bits per heavy atom. The summed E-state index contributed by atoms with van der Waals surface area (Å²) in [5.41, 5.74) is 4.14. The smallest absolute Gasteiger partial charge is 0.167 e. The van der Waals surface area contributed by atoms with E-state index in [1.54, 1.807) is 36.4 Å². The van der Waals surface area contributed by atoms with Crippen molar-refractivity contribution in [1.82, 2.24) is 15.0 Å². The third kappa shape index (κ3) is 6.05. The minimum absolute atomic E-state index is 0.00582. The number of phenols is 2. The van der Waals surface area contributed by atoms with E-state index in [-0.39, 0.29) is 11.5 Å². The summed E-state index contributed by atoms with van der Waals surface area (Å²) in [4.78, 5) is 14.2. The first-order chi connectivity index (χ1) is 18.5. The Morgan fingerprint density at radius 3 is 1.47 bits per heavy atom. The second-order valence-corrected chi connectivity index (χ2v) is 9.06. The van der Waals surface area contributed by atoms with Crippen LogP contribution >= 0.6 is 0 Å². The second-order valence-electron chi connectivity index (χ2n) is 9.06. The number of aromatic hydroxyl groups is 2. The van der Waals surface area contributed by atoms with Crippen LogP contribution in [0.1, 0.15) is 51.7 Å². The summed E-state index contributed by atoms with van der Waals surface area (Å²) in [5, 5.41) is 21.7. The van der Waals surface area contributed by atoms with Crippen molar-refractivity contribution in [3.8, 4) is 57.2 Å². The molecular formula is C31H35N3O4. The predicted molar refractivity (Wildman–Crippen MR) is 150 cm³/mol. The van der Waals surface area contributed by atoms with Crippen molar-refractivity contribution in [3.63, 3.8) is 0 Å².